The molecule has 2 bridgehead atoms. The Morgan fingerprint density at radius 1 is 1.04 bits per heavy atom. The number of piperidine rings is 1. The highest BCUT2D eigenvalue weighted by molar-refractivity contribution is 5.81. The quantitative estimate of drug-likeness (QED) is 0.174. The summed E-state index contributed by atoms with van der Waals surface area (Å²) in [6.07, 6.45) is 8.07. The number of methoxy groups -OCH3 is 3. The van der Waals surface area contributed by atoms with Gasteiger partial charge in [-0.05, 0) is 62.8 Å². The van der Waals surface area contributed by atoms with E-state index in [0.29, 0.717) is 26.0 Å². The molecule has 1 aromatic rings. The fraction of sp³-hybridized carbons (Fsp3) is 0.762. The van der Waals surface area contributed by atoms with Gasteiger partial charge in [0.05, 0.1) is 55.8 Å². The Balaban J connectivity index is 0.000000776. The molecule has 12 nitrogen and oxygen atoms in total. The molecule has 4 rings (SSSR count). The molecule has 10 atom stereocenters. The third kappa shape index (κ3) is 14.2. The first-order chi connectivity index (χ1) is 25.9. The number of nitrogens with zero attached hydrogens (tertiary/aromatic N) is 2. The van der Waals surface area contributed by atoms with Gasteiger partial charge in [0, 0.05) is 47.0 Å². The van der Waals surface area contributed by atoms with Crippen molar-refractivity contribution in [2.75, 3.05) is 48.1 Å². The molecule has 0 radical (unpaired) electrons. The molecule has 0 aromatic heterocycles. The minimum Gasteiger partial charge on any atom is -0.383 e. The van der Waals surface area contributed by atoms with Crippen LogP contribution >= 0.6 is 0 Å². The van der Waals surface area contributed by atoms with Crippen molar-refractivity contribution in [1.82, 2.24) is 25.8 Å². The molecule has 1 aromatic carbocycles. The maximum Gasteiger partial charge on any atom is 0.242 e. The fourth-order valence-electron chi connectivity index (χ4n) is 8.29. The summed E-state index contributed by atoms with van der Waals surface area (Å²) in [5.41, 5.74) is 1.10. The number of carbonyl (C=O) groups is 4. The van der Waals surface area contributed by atoms with E-state index in [2.05, 4.69) is 36.7 Å². The lowest BCUT2D eigenvalue weighted by Gasteiger charge is -2.39. The lowest BCUT2D eigenvalue weighted by atomic mass is 9.90. The molecule has 3 aliphatic rings. The van der Waals surface area contributed by atoms with Gasteiger partial charge in [-0.3, -0.25) is 19.2 Å². The van der Waals surface area contributed by atoms with Crippen molar-refractivity contribution in [2.24, 2.45) is 17.8 Å². The summed E-state index contributed by atoms with van der Waals surface area (Å²) in [5.74, 6) is 0.0389. The first-order valence-electron chi connectivity index (χ1n) is 20.3. The number of likely N-dealkylation sites (N-methyl/N-ethyl adjacent to an activating group) is 1. The third-order valence-electron chi connectivity index (χ3n) is 11.4. The Labute approximate surface area is 326 Å². The van der Waals surface area contributed by atoms with E-state index in [1.54, 1.807) is 33.3 Å². The molecule has 1 saturated carbocycles. The molecular weight excluding hydrogens is 686 g/mol. The highest BCUT2D eigenvalue weighted by Crippen LogP contribution is 2.34. The Hall–Kier alpha value is -3.06. The van der Waals surface area contributed by atoms with Crippen LogP contribution in [0.15, 0.2) is 30.3 Å². The summed E-state index contributed by atoms with van der Waals surface area (Å²) in [5, 5.41) is 9.10. The highest BCUT2D eigenvalue weighted by atomic mass is 16.5. The van der Waals surface area contributed by atoms with Gasteiger partial charge in [0.1, 0.15) is 0 Å². The van der Waals surface area contributed by atoms with Crippen LogP contribution in [-0.4, -0.2) is 124 Å². The lowest BCUT2D eigenvalue weighted by molar-refractivity contribution is -0.145. The van der Waals surface area contributed by atoms with E-state index in [1.807, 2.05) is 56.0 Å². The van der Waals surface area contributed by atoms with E-state index in [4.69, 9.17) is 14.2 Å². The smallest absolute Gasteiger partial charge is 0.242 e. The van der Waals surface area contributed by atoms with Crippen LogP contribution in [0.2, 0.25) is 0 Å². The van der Waals surface area contributed by atoms with Crippen molar-refractivity contribution in [3.8, 4) is 0 Å². The van der Waals surface area contributed by atoms with Crippen molar-refractivity contribution in [2.45, 2.75) is 142 Å². The third-order valence-corrected chi connectivity index (χ3v) is 11.4. The number of benzene rings is 1. The largest absolute Gasteiger partial charge is 0.383 e. The molecule has 12 heteroatoms. The molecule has 54 heavy (non-hydrogen) atoms. The van der Waals surface area contributed by atoms with Crippen LogP contribution in [0.1, 0.15) is 98.5 Å². The monoisotopic (exact) mass is 760 g/mol. The number of rotatable bonds is 19. The van der Waals surface area contributed by atoms with Crippen molar-refractivity contribution in [1.29, 1.82) is 0 Å². The Bertz CT molecular complexity index is 1240. The number of fused-ring (bicyclic) bond motifs is 2. The van der Waals surface area contributed by atoms with Gasteiger partial charge in [-0.25, -0.2) is 0 Å². The zero-order chi connectivity index (χ0) is 40.2. The maximum atomic E-state index is 13.8. The van der Waals surface area contributed by atoms with Gasteiger partial charge in [-0.2, -0.15) is 0 Å². The molecule has 3 fully saturated rings. The molecule has 308 valence electrons. The number of likely N-dealkylation sites (tertiary alicyclic amines) is 1. The van der Waals surface area contributed by atoms with E-state index in [-0.39, 0.29) is 54.7 Å². The molecule has 2 saturated heterocycles. The van der Waals surface area contributed by atoms with Crippen LogP contribution in [0.25, 0.3) is 0 Å². The van der Waals surface area contributed by atoms with E-state index < -0.39 is 18.1 Å². The predicted molar refractivity (Wildman–Crippen MR) is 214 cm³/mol. The van der Waals surface area contributed by atoms with Crippen LogP contribution in [0.5, 0.6) is 0 Å². The Morgan fingerprint density at radius 2 is 1.72 bits per heavy atom. The molecular formula is C42H73N5O7. The number of carbonyl (C=O) groups excluding carboxylic acids is 4. The van der Waals surface area contributed by atoms with Crippen LogP contribution in [0.3, 0.4) is 0 Å². The number of hydrogen-bond donors (Lipinski definition) is 3. The van der Waals surface area contributed by atoms with Crippen molar-refractivity contribution in [3.63, 3.8) is 0 Å². The van der Waals surface area contributed by atoms with E-state index in [1.165, 1.54) is 25.7 Å². The molecule has 2 aliphatic heterocycles. The van der Waals surface area contributed by atoms with E-state index in [9.17, 15) is 19.2 Å². The SMILES string of the molecule is CC1NC2CCC1C2.CCC.CCC(C)C(C(CC(=O)N1CCCC1C(OC)C(C)C(=O)N[C@H](COC)Cc1ccccc1)OC)N(C)C(=O)CNC=O. The summed E-state index contributed by atoms with van der Waals surface area (Å²) >= 11 is 0. The van der Waals surface area contributed by atoms with Crippen molar-refractivity contribution >= 4 is 24.1 Å². The second-order valence-corrected chi connectivity index (χ2v) is 15.4. The summed E-state index contributed by atoms with van der Waals surface area (Å²) in [6, 6.07) is 10.8. The van der Waals surface area contributed by atoms with Crippen molar-refractivity contribution < 1.29 is 33.4 Å². The molecule has 0 spiro atoms. The van der Waals surface area contributed by atoms with E-state index in [0.717, 1.165) is 42.8 Å². The number of nitrogens with one attached hydrogen (secondary N) is 3. The van der Waals surface area contributed by atoms with Gasteiger partial charge in [0.2, 0.25) is 24.1 Å². The minimum atomic E-state index is -0.552. The topological polar surface area (TPSA) is 139 Å². The van der Waals surface area contributed by atoms with Gasteiger partial charge < -0.3 is 40.0 Å². The van der Waals surface area contributed by atoms with Crippen LogP contribution in [0, 0.1) is 17.8 Å². The second kappa shape index (κ2) is 25.2. The number of hydrogen-bond acceptors (Lipinski definition) is 8. The molecule has 4 amide bonds. The summed E-state index contributed by atoms with van der Waals surface area (Å²) < 4.78 is 17.1. The van der Waals surface area contributed by atoms with Crippen LogP contribution in [-0.2, 0) is 39.8 Å². The zero-order valence-electron chi connectivity index (χ0n) is 35.0. The Kier molecular flexibility index (Phi) is 21.9. The van der Waals surface area contributed by atoms with Gasteiger partial charge in [0.15, 0.2) is 0 Å². The number of amides is 4. The summed E-state index contributed by atoms with van der Waals surface area (Å²) in [4.78, 5) is 54.1. The molecule has 2 heterocycles. The highest BCUT2D eigenvalue weighted by Gasteiger charge is 2.42. The summed E-state index contributed by atoms with van der Waals surface area (Å²) in [7, 11) is 6.42. The average molecular weight is 760 g/mol. The summed E-state index contributed by atoms with van der Waals surface area (Å²) in [6.45, 7) is 13.2. The van der Waals surface area contributed by atoms with Crippen LogP contribution < -0.4 is 16.0 Å². The fourth-order valence-corrected chi connectivity index (χ4v) is 8.29. The Morgan fingerprint density at radius 3 is 2.22 bits per heavy atom. The zero-order valence-corrected chi connectivity index (χ0v) is 35.0. The lowest BCUT2D eigenvalue weighted by Crippen LogP contribution is -2.54. The van der Waals surface area contributed by atoms with Gasteiger partial charge in [-0.1, -0.05) is 77.8 Å². The molecule has 3 N–H and O–H groups in total. The first kappa shape index (κ1) is 47.1. The molecule has 1 aliphatic carbocycles. The van der Waals surface area contributed by atoms with E-state index >= 15 is 0 Å². The molecule has 9 unspecified atom stereocenters. The minimum absolute atomic E-state index is 0.0451. The normalized spacial score (nSPS) is 23.3. The second-order valence-electron chi connectivity index (χ2n) is 15.4. The average Bonchev–Trinajstić information content (AvgIpc) is 3.93. The van der Waals surface area contributed by atoms with Crippen LogP contribution in [0.4, 0.5) is 0 Å². The maximum absolute atomic E-state index is 13.8. The van der Waals surface area contributed by atoms with Crippen molar-refractivity contribution in [3.05, 3.63) is 35.9 Å². The number of ether oxygens (including phenoxy) is 3. The standard InChI is InChI=1S/C32H52N4O7.C7H13N.C3H8/c1-8-22(2)30(35(4)29(39)19-33-21-37)27(42-6)18-28(38)36-16-12-15-26(36)31(43-7)23(3)32(40)34-25(20-41-5)17-24-13-10-9-11-14-24;1-5-6-2-3-7(4-6)8-5;1-3-2/h9-11,13-14,21-23,25-27,30-31H,8,12,15-20H2,1-7H3,(H,33,37)(H,34,40);5-8H,2-4H2,1H3;3H2,1-2H3/t22?,23?,25-,26?,27?,30?,31?;;/m0../s1. The predicted octanol–water partition coefficient (Wildman–Crippen LogP) is 4.59. The van der Waals surface area contributed by atoms with Gasteiger partial charge in [-0.15, -0.1) is 0 Å². The van der Waals surface area contributed by atoms with Gasteiger partial charge >= 0.3 is 0 Å². The van der Waals surface area contributed by atoms with Gasteiger partial charge in [0.25, 0.3) is 0 Å². The first-order valence-corrected chi connectivity index (χ1v) is 20.3.